The highest BCUT2D eigenvalue weighted by Gasteiger charge is 2.17. The van der Waals surface area contributed by atoms with Gasteiger partial charge >= 0.3 is 0 Å². The fourth-order valence-electron chi connectivity index (χ4n) is 1.26. The van der Waals surface area contributed by atoms with Gasteiger partial charge in [0, 0.05) is 6.04 Å². The molecule has 0 fully saturated rings. The van der Waals surface area contributed by atoms with Crippen LogP contribution in [0, 0.1) is 0 Å². The summed E-state index contributed by atoms with van der Waals surface area (Å²) >= 11 is 0. The van der Waals surface area contributed by atoms with Crippen molar-refractivity contribution < 1.29 is 14.3 Å². The molecule has 0 saturated heterocycles. The van der Waals surface area contributed by atoms with Gasteiger partial charge in [-0.3, -0.25) is 15.1 Å². The van der Waals surface area contributed by atoms with Gasteiger partial charge in [-0.25, -0.2) is 5.84 Å². The van der Waals surface area contributed by atoms with Crippen LogP contribution in [0.5, 0.6) is 0 Å². The average Bonchev–Trinajstić information content (AvgIpc) is 2.74. The topological polar surface area (TPSA) is 91.7 Å². The summed E-state index contributed by atoms with van der Waals surface area (Å²) in [4.78, 5) is 13.2. The number of hydrogen-bond acceptors (Lipinski definition) is 5. The Bertz CT molecular complexity index is 351. The van der Waals surface area contributed by atoms with E-state index in [1.165, 1.54) is 6.26 Å². The number of aliphatic hydroxyl groups is 1. The number of nitrogens with zero attached hydrogens (tertiary/aromatic N) is 1. The number of nitrogens with two attached hydrogens (primary N) is 1. The van der Waals surface area contributed by atoms with E-state index in [-0.39, 0.29) is 18.6 Å². The molecule has 0 aliphatic rings. The van der Waals surface area contributed by atoms with Gasteiger partial charge in [-0.05, 0) is 20.0 Å². The van der Waals surface area contributed by atoms with Crippen molar-refractivity contribution in [3.8, 4) is 0 Å². The van der Waals surface area contributed by atoms with Crippen molar-refractivity contribution in [2.45, 2.75) is 19.5 Å². The number of nitrogens with one attached hydrogen (secondary N) is 1. The van der Waals surface area contributed by atoms with Gasteiger partial charge in [0.2, 0.25) is 0 Å². The molecule has 0 spiro atoms. The third-order valence-corrected chi connectivity index (χ3v) is 2.53. The minimum absolute atomic E-state index is 0.00103. The molecule has 0 aliphatic heterocycles. The molecule has 0 saturated carbocycles. The van der Waals surface area contributed by atoms with Gasteiger partial charge in [0.15, 0.2) is 0 Å². The van der Waals surface area contributed by atoms with E-state index < -0.39 is 0 Å². The second kappa shape index (κ2) is 5.64. The lowest BCUT2D eigenvalue weighted by Crippen LogP contribution is -2.33. The number of nitrogen functional groups attached to an aromatic ring is 1. The maximum Gasteiger partial charge on any atom is 0.268 e. The molecule has 6 heteroatoms. The van der Waals surface area contributed by atoms with Crippen LogP contribution in [0.25, 0.3) is 0 Å². The first-order valence-electron chi connectivity index (χ1n) is 4.98. The van der Waals surface area contributed by atoms with E-state index in [9.17, 15) is 4.79 Å². The van der Waals surface area contributed by atoms with E-state index in [2.05, 4.69) is 5.43 Å². The summed E-state index contributed by atoms with van der Waals surface area (Å²) in [5, 5.41) is 8.99. The first kappa shape index (κ1) is 12.7. The first-order chi connectivity index (χ1) is 7.60. The average molecular weight is 227 g/mol. The third kappa shape index (κ3) is 2.82. The van der Waals surface area contributed by atoms with E-state index in [1.54, 1.807) is 6.07 Å². The van der Waals surface area contributed by atoms with Crippen LogP contribution in [0.4, 0.5) is 0 Å². The standard InChI is InChI=1S/C10H17N3O3/c1-7(6-14)13(2)5-9-8(3-4-16-9)10(15)12-11/h3-4,7,14H,5-6,11H2,1-2H3,(H,12,15). The van der Waals surface area contributed by atoms with E-state index in [0.717, 1.165) is 0 Å². The highest BCUT2D eigenvalue weighted by atomic mass is 16.3. The number of furan rings is 1. The fraction of sp³-hybridized carbons (Fsp3) is 0.500. The Morgan fingerprint density at radius 1 is 1.75 bits per heavy atom. The smallest absolute Gasteiger partial charge is 0.268 e. The summed E-state index contributed by atoms with van der Waals surface area (Å²) in [7, 11) is 1.84. The van der Waals surface area contributed by atoms with Crippen molar-refractivity contribution in [3.05, 3.63) is 23.7 Å². The van der Waals surface area contributed by atoms with E-state index in [1.807, 2.05) is 18.9 Å². The number of rotatable bonds is 5. The molecular weight excluding hydrogens is 210 g/mol. The zero-order valence-corrected chi connectivity index (χ0v) is 9.43. The monoisotopic (exact) mass is 227 g/mol. The van der Waals surface area contributed by atoms with Gasteiger partial charge in [-0.2, -0.15) is 0 Å². The van der Waals surface area contributed by atoms with Crippen molar-refractivity contribution in [3.63, 3.8) is 0 Å². The van der Waals surface area contributed by atoms with Crippen LogP contribution < -0.4 is 11.3 Å². The lowest BCUT2D eigenvalue weighted by atomic mass is 10.2. The lowest BCUT2D eigenvalue weighted by molar-refractivity contribution is 0.0948. The minimum atomic E-state index is -0.381. The summed E-state index contributed by atoms with van der Waals surface area (Å²) in [6, 6.07) is 1.56. The van der Waals surface area contributed by atoms with Crippen molar-refractivity contribution in [2.24, 2.45) is 5.84 Å². The third-order valence-electron chi connectivity index (χ3n) is 2.53. The molecule has 1 heterocycles. The molecule has 1 atom stereocenters. The maximum atomic E-state index is 11.4. The van der Waals surface area contributed by atoms with Crippen LogP contribution >= 0.6 is 0 Å². The predicted octanol–water partition coefficient (Wildman–Crippen LogP) is -0.304. The molecule has 0 aromatic carbocycles. The van der Waals surface area contributed by atoms with Crippen LogP contribution in [0.2, 0.25) is 0 Å². The number of aliphatic hydroxyl groups excluding tert-OH is 1. The Balaban J connectivity index is 2.74. The second-order valence-corrected chi connectivity index (χ2v) is 3.68. The van der Waals surface area contributed by atoms with Gasteiger partial charge < -0.3 is 9.52 Å². The number of likely N-dealkylation sites (N-methyl/N-ethyl adjacent to an activating group) is 1. The van der Waals surface area contributed by atoms with Crippen LogP contribution in [0.15, 0.2) is 16.7 Å². The molecule has 16 heavy (non-hydrogen) atoms. The Morgan fingerprint density at radius 3 is 3.00 bits per heavy atom. The van der Waals surface area contributed by atoms with E-state index >= 15 is 0 Å². The Labute approximate surface area is 94.0 Å². The molecule has 1 rings (SSSR count). The normalized spacial score (nSPS) is 12.8. The van der Waals surface area contributed by atoms with Gasteiger partial charge in [0.1, 0.15) is 5.76 Å². The molecule has 0 radical (unpaired) electrons. The van der Waals surface area contributed by atoms with Crippen LogP contribution in [0.3, 0.4) is 0 Å². The van der Waals surface area contributed by atoms with Crippen molar-refractivity contribution >= 4 is 5.91 Å². The highest BCUT2D eigenvalue weighted by Crippen LogP contribution is 2.13. The number of hydrogen-bond donors (Lipinski definition) is 3. The summed E-state index contributed by atoms with van der Waals surface area (Å²) < 4.78 is 5.21. The number of carbonyl (C=O) groups is 1. The number of hydrazine groups is 1. The summed E-state index contributed by atoms with van der Waals surface area (Å²) in [5.74, 6) is 5.21. The van der Waals surface area contributed by atoms with Crippen molar-refractivity contribution in [1.29, 1.82) is 0 Å². The van der Waals surface area contributed by atoms with Gasteiger partial charge in [-0.1, -0.05) is 0 Å². The largest absolute Gasteiger partial charge is 0.467 e. The Kier molecular flexibility index (Phi) is 4.48. The van der Waals surface area contributed by atoms with Crippen molar-refractivity contribution in [1.82, 2.24) is 10.3 Å². The minimum Gasteiger partial charge on any atom is -0.467 e. The zero-order chi connectivity index (χ0) is 12.1. The van der Waals surface area contributed by atoms with Crippen molar-refractivity contribution in [2.75, 3.05) is 13.7 Å². The van der Waals surface area contributed by atoms with Crippen LogP contribution in [-0.4, -0.2) is 35.6 Å². The van der Waals surface area contributed by atoms with E-state index in [0.29, 0.717) is 17.9 Å². The lowest BCUT2D eigenvalue weighted by Gasteiger charge is -2.21. The molecular formula is C10H17N3O3. The molecule has 1 amide bonds. The Morgan fingerprint density at radius 2 is 2.44 bits per heavy atom. The maximum absolute atomic E-state index is 11.4. The molecule has 0 bridgehead atoms. The molecule has 4 N–H and O–H groups in total. The van der Waals surface area contributed by atoms with Crippen LogP contribution in [-0.2, 0) is 6.54 Å². The molecule has 1 unspecified atom stereocenters. The zero-order valence-electron chi connectivity index (χ0n) is 9.43. The highest BCUT2D eigenvalue weighted by molar-refractivity contribution is 5.94. The SMILES string of the molecule is CC(CO)N(C)Cc1occc1C(=O)NN. The molecule has 1 aromatic heterocycles. The summed E-state index contributed by atoms with van der Waals surface area (Å²) in [6.07, 6.45) is 1.44. The quantitative estimate of drug-likeness (QED) is 0.365. The van der Waals surface area contributed by atoms with E-state index in [4.69, 9.17) is 15.4 Å². The molecule has 6 nitrogen and oxygen atoms in total. The molecule has 90 valence electrons. The van der Waals surface area contributed by atoms with Crippen LogP contribution in [0.1, 0.15) is 23.0 Å². The van der Waals surface area contributed by atoms with Gasteiger partial charge in [0.05, 0.1) is 25.0 Å². The summed E-state index contributed by atoms with van der Waals surface area (Å²) in [5.41, 5.74) is 2.47. The summed E-state index contributed by atoms with van der Waals surface area (Å²) in [6.45, 7) is 2.37. The molecule has 0 aliphatic carbocycles. The second-order valence-electron chi connectivity index (χ2n) is 3.68. The van der Waals surface area contributed by atoms with Gasteiger partial charge in [0.25, 0.3) is 5.91 Å². The first-order valence-corrected chi connectivity index (χ1v) is 4.98. The number of carbonyl (C=O) groups excluding carboxylic acids is 1. The fourth-order valence-corrected chi connectivity index (χ4v) is 1.26. The number of amides is 1. The predicted molar refractivity (Wildman–Crippen MR) is 58.4 cm³/mol. The molecule has 1 aromatic rings. The van der Waals surface area contributed by atoms with Gasteiger partial charge in [-0.15, -0.1) is 0 Å². The Hall–Kier alpha value is -1.37.